The Kier molecular flexibility index (Phi) is 2.99. The van der Waals surface area contributed by atoms with Crippen LogP contribution in [-0.4, -0.2) is 4.98 Å². The Morgan fingerprint density at radius 3 is 2.93 bits per heavy atom. The van der Waals surface area contributed by atoms with Crippen molar-refractivity contribution in [2.75, 3.05) is 5.73 Å². The van der Waals surface area contributed by atoms with Crippen molar-refractivity contribution < 1.29 is 4.42 Å². The fourth-order valence-electron chi connectivity index (χ4n) is 1.32. The molecule has 0 fully saturated rings. The van der Waals surface area contributed by atoms with Gasteiger partial charge in [-0.15, -0.1) is 0 Å². The molecule has 0 radical (unpaired) electrons. The number of nitrogens with two attached hydrogens (primary N) is 1. The molecule has 4 heteroatoms. The molecule has 4 nitrogen and oxygen atoms in total. The van der Waals surface area contributed by atoms with E-state index >= 15 is 0 Å². The molecule has 0 saturated heterocycles. The lowest BCUT2D eigenvalue weighted by atomic mass is 10.3. The van der Waals surface area contributed by atoms with Crippen molar-refractivity contribution in [2.45, 2.75) is 13.1 Å². The first-order chi connectivity index (χ1) is 7.36. The predicted molar refractivity (Wildman–Crippen MR) is 57.9 cm³/mol. The molecule has 0 atom stereocenters. The van der Waals surface area contributed by atoms with Gasteiger partial charge in [0.2, 0.25) is 0 Å². The predicted octanol–water partition coefficient (Wildman–Crippen LogP) is 1.55. The van der Waals surface area contributed by atoms with Gasteiger partial charge < -0.3 is 15.5 Å². The molecular formula is C11H13N3O. The van der Waals surface area contributed by atoms with Crippen LogP contribution in [0.1, 0.15) is 11.5 Å². The number of furan rings is 1. The summed E-state index contributed by atoms with van der Waals surface area (Å²) in [5.41, 5.74) is 7.33. The maximum absolute atomic E-state index is 5.75. The van der Waals surface area contributed by atoms with Crippen LogP contribution in [0.5, 0.6) is 0 Å². The molecule has 0 aromatic carbocycles. The summed E-state index contributed by atoms with van der Waals surface area (Å²) in [4.78, 5) is 4.18. The molecule has 0 saturated carbocycles. The van der Waals surface area contributed by atoms with E-state index < -0.39 is 0 Å². The molecule has 78 valence electrons. The number of hydrogen-bond acceptors (Lipinski definition) is 4. The number of nitrogen functional groups attached to an aromatic ring is 1. The van der Waals surface area contributed by atoms with Crippen LogP contribution in [0.15, 0.2) is 41.1 Å². The summed E-state index contributed by atoms with van der Waals surface area (Å²) in [5.74, 6) is 0.907. The SMILES string of the molecule is Nc1cccnc1CNCc1ccco1. The smallest absolute Gasteiger partial charge is 0.117 e. The maximum Gasteiger partial charge on any atom is 0.117 e. The summed E-state index contributed by atoms with van der Waals surface area (Å²) in [7, 11) is 0. The number of nitrogens with zero attached hydrogens (tertiary/aromatic N) is 1. The number of pyridine rings is 1. The number of hydrogen-bond donors (Lipinski definition) is 2. The molecule has 2 aromatic heterocycles. The van der Waals surface area contributed by atoms with Gasteiger partial charge in [-0.25, -0.2) is 0 Å². The van der Waals surface area contributed by atoms with Gasteiger partial charge in [0.1, 0.15) is 5.76 Å². The Balaban J connectivity index is 1.86. The highest BCUT2D eigenvalue weighted by atomic mass is 16.3. The summed E-state index contributed by atoms with van der Waals surface area (Å²) < 4.78 is 5.19. The van der Waals surface area contributed by atoms with Gasteiger partial charge in [-0.3, -0.25) is 4.98 Å². The summed E-state index contributed by atoms with van der Waals surface area (Å²) in [6.45, 7) is 1.33. The first kappa shape index (κ1) is 9.73. The Morgan fingerprint density at radius 2 is 2.20 bits per heavy atom. The Bertz CT molecular complexity index is 412. The van der Waals surface area contributed by atoms with Crippen molar-refractivity contribution in [1.82, 2.24) is 10.3 Å². The van der Waals surface area contributed by atoms with Crippen molar-refractivity contribution in [3.05, 3.63) is 48.2 Å². The molecule has 2 rings (SSSR count). The Labute approximate surface area is 88.1 Å². The standard InChI is InChI=1S/C11H13N3O/c12-10-4-1-5-14-11(10)8-13-7-9-3-2-6-15-9/h1-6,13H,7-8,12H2. The number of rotatable bonds is 4. The third-order valence-electron chi connectivity index (χ3n) is 2.10. The topological polar surface area (TPSA) is 64.1 Å². The quantitative estimate of drug-likeness (QED) is 0.791. The van der Waals surface area contributed by atoms with Crippen molar-refractivity contribution >= 4 is 5.69 Å². The van der Waals surface area contributed by atoms with E-state index in [9.17, 15) is 0 Å². The lowest BCUT2D eigenvalue weighted by Gasteiger charge is -2.04. The lowest BCUT2D eigenvalue weighted by Crippen LogP contribution is -2.14. The van der Waals surface area contributed by atoms with Crippen molar-refractivity contribution in [1.29, 1.82) is 0 Å². The maximum atomic E-state index is 5.75. The zero-order chi connectivity index (χ0) is 10.5. The zero-order valence-electron chi connectivity index (χ0n) is 8.31. The lowest BCUT2D eigenvalue weighted by molar-refractivity contribution is 0.482. The van der Waals surface area contributed by atoms with Crippen LogP contribution in [0, 0.1) is 0 Å². The van der Waals surface area contributed by atoms with Crippen LogP contribution in [0.4, 0.5) is 5.69 Å². The van der Waals surface area contributed by atoms with Crippen LogP contribution >= 0.6 is 0 Å². The summed E-state index contributed by atoms with van der Waals surface area (Å²) in [6, 6.07) is 7.46. The van der Waals surface area contributed by atoms with E-state index in [2.05, 4.69) is 10.3 Å². The van der Waals surface area contributed by atoms with Gasteiger partial charge in [-0.05, 0) is 24.3 Å². The highest BCUT2D eigenvalue weighted by Gasteiger charge is 1.99. The monoisotopic (exact) mass is 203 g/mol. The number of anilines is 1. The van der Waals surface area contributed by atoms with E-state index in [1.807, 2.05) is 24.3 Å². The molecule has 2 aromatic rings. The summed E-state index contributed by atoms with van der Waals surface area (Å²) >= 11 is 0. The molecule has 0 aliphatic carbocycles. The van der Waals surface area contributed by atoms with Crippen molar-refractivity contribution in [3.63, 3.8) is 0 Å². The molecule has 0 unspecified atom stereocenters. The molecule has 15 heavy (non-hydrogen) atoms. The van der Waals surface area contributed by atoms with Crippen LogP contribution in [0.25, 0.3) is 0 Å². The van der Waals surface area contributed by atoms with Crippen LogP contribution < -0.4 is 11.1 Å². The van der Waals surface area contributed by atoms with E-state index in [-0.39, 0.29) is 0 Å². The Hall–Kier alpha value is -1.81. The van der Waals surface area contributed by atoms with E-state index in [0.717, 1.165) is 11.5 Å². The highest BCUT2D eigenvalue weighted by Crippen LogP contribution is 2.06. The summed E-state index contributed by atoms with van der Waals surface area (Å²) in [5, 5.41) is 3.21. The molecule has 0 spiro atoms. The van der Waals surface area contributed by atoms with Gasteiger partial charge in [0.25, 0.3) is 0 Å². The van der Waals surface area contributed by atoms with Crippen molar-refractivity contribution in [2.24, 2.45) is 0 Å². The molecule has 0 aliphatic heterocycles. The molecule has 0 aliphatic rings. The molecular weight excluding hydrogens is 190 g/mol. The minimum Gasteiger partial charge on any atom is -0.468 e. The van der Waals surface area contributed by atoms with Crippen LogP contribution in [0.2, 0.25) is 0 Å². The average Bonchev–Trinajstić information content (AvgIpc) is 2.74. The van der Waals surface area contributed by atoms with Gasteiger partial charge in [-0.2, -0.15) is 0 Å². The normalized spacial score (nSPS) is 10.4. The van der Waals surface area contributed by atoms with Gasteiger partial charge in [-0.1, -0.05) is 0 Å². The third kappa shape index (κ3) is 2.57. The van der Waals surface area contributed by atoms with E-state index in [1.165, 1.54) is 0 Å². The second-order valence-electron chi connectivity index (χ2n) is 3.22. The van der Waals surface area contributed by atoms with E-state index in [4.69, 9.17) is 10.2 Å². The van der Waals surface area contributed by atoms with E-state index in [0.29, 0.717) is 18.8 Å². The van der Waals surface area contributed by atoms with Gasteiger partial charge in [0, 0.05) is 12.7 Å². The van der Waals surface area contributed by atoms with Crippen LogP contribution in [0.3, 0.4) is 0 Å². The minimum atomic E-state index is 0.646. The van der Waals surface area contributed by atoms with Gasteiger partial charge in [0.05, 0.1) is 24.2 Å². The molecule has 3 N–H and O–H groups in total. The fraction of sp³-hybridized carbons (Fsp3) is 0.182. The Morgan fingerprint density at radius 1 is 1.27 bits per heavy atom. The van der Waals surface area contributed by atoms with Crippen molar-refractivity contribution in [3.8, 4) is 0 Å². The fourth-order valence-corrected chi connectivity index (χ4v) is 1.32. The second-order valence-corrected chi connectivity index (χ2v) is 3.22. The number of nitrogens with one attached hydrogen (secondary N) is 1. The summed E-state index contributed by atoms with van der Waals surface area (Å²) in [6.07, 6.45) is 3.40. The minimum absolute atomic E-state index is 0.646. The highest BCUT2D eigenvalue weighted by molar-refractivity contribution is 5.41. The molecule has 2 heterocycles. The first-order valence-electron chi connectivity index (χ1n) is 4.79. The molecule has 0 amide bonds. The van der Waals surface area contributed by atoms with Crippen LogP contribution in [-0.2, 0) is 13.1 Å². The second kappa shape index (κ2) is 4.61. The van der Waals surface area contributed by atoms with Gasteiger partial charge in [0.15, 0.2) is 0 Å². The first-order valence-corrected chi connectivity index (χ1v) is 4.79. The third-order valence-corrected chi connectivity index (χ3v) is 2.10. The molecule has 0 bridgehead atoms. The largest absolute Gasteiger partial charge is 0.468 e. The van der Waals surface area contributed by atoms with Gasteiger partial charge >= 0.3 is 0 Å². The number of aromatic nitrogens is 1. The average molecular weight is 203 g/mol. The van der Waals surface area contributed by atoms with E-state index in [1.54, 1.807) is 12.5 Å². The zero-order valence-corrected chi connectivity index (χ0v) is 8.31.